The van der Waals surface area contributed by atoms with Crippen LogP contribution in [0.15, 0.2) is 51.7 Å². The molecule has 7 nitrogen and oxygen atoms in total. The first-order valence-corrected chi connectivity index (χ1v) is 9.94. The van der Waals surface area contributed by atoms with E-state index in [2.05, 4.69) is 13.8 Å². The Morgan fingerprint density at radius 1 is 1.03 bits per heavy atom. The summed E-state index contributed by atoms with van der Waals surface area (Å²) in [5.41, 5.74) is 3.01. The summed E-state index contributed by atoms with van der Waals surface area (Å²) >= 11 is 0. The average Bonchev–Trinajstić information content (AvgIpc) is 2.96. The predicted octanol–water partition coefficient (Wildman–Crippen LogP) is 3.56. The number of amides is 2. The second-order valence-electron chi connectivity index (χ2n) is 7.85. The Labute approximate surface area is 178 Å². The molecule has 1 aromatic heterocycles. The monoisotopic (exact) mass is 419 g/mol. The van der Waals surface area contributed by atoms with E-state index in [9.17, 15) is 19.2 Å². The first kappa shape index (κ1) is 20.5. The van der Waals surface area contributed by atoms with Gasteiger partial charge >= 0.3 is 11.6 Å². The quantitative estimate of drug-likeness (QED) is 0.357. The van der Waals surface area contributed by atoms with Crippen LogP contribution in [0.3, 0.4) is 0 Å². The molecule has 0 N–H and O–H groups in total. The fourth-order valence-electron chi connectivity index (χ4n) is 3.85. The number of carbonyl (C=O) groups excluding carboxylic acids is 3. The molecular weight excluding hydrogens is 398 g/mol. The summed E-state index contributed by atoms with van der Waals surface area (Å²) in [4.78, 5) is 50.1. The lowest BCUT2D eigenvalue weighted by atomic mass is 9.95. The lowest BCUT2D eigenvalue weighted by molar-refractivity contribution is -0.145. The number of aryl methyl sites for hydroxylation is 1. The summed E-state index contributed by atoms with van der Waals surface area (Å²) in [5.74, 6) is -1.53. The Kier molecular flexibility index (Phi) is 5.19. The van der Waals surface area contributed by atoms with Crippen LogP contribution >= 0.6 is 0 Å². The number of ether oxygens (including phenoxy) is 1. The minimum absolute atomic E-state index is 0.176. The molecule has 0 saturated carbocycles. The van der Waals surface area contributed by atoms with E-state index >= 15 is 0 Å². The molecule has 0 fully saturated rings. The van der Waals surface area contributed by atoms with Crippen molar-refractivity contribution < 1.29 is 23.5 Å². The Balaban J connectivity index is 1.54. The van der Waals surface area contributed by atoms with Crippen LogP contribution in [0.4, 0.5) is 0 Å². The fraction of sp³-hybridized carbons (Fsp3) is 0.250. The molecule has 0 atom stereocenters. The van der Waals surface area contributed by atoms with E-state index in [-0.39, 0.29) is 23.7 Å². The molecule has 0 saturated heterocycles. The van der Waals surface area contributed by atoms with Crippen LogP contribution < -0.4 is 5.63 Å². The number of imide groups is 1. The van der Waals surface area contributed by atoms with Crippen LogP contribution in [-0.2, 0) is 16.1 Å². The fourth-order valence-corrected chi connectivity index (χ4v) is 3.85. The number of hydrogen-bond donors (Lipinski definition) is 0. The van der Waals surface area contributed by atoms with Crippen molar-refractivity contribution in [3.63, 3.8) is 0 Å². The van der Waals surface area contributed by atoms with Gasteiger partial charge in [0.25, 0.3) is 11.8 Å². The van der Waals surface area contributed by atoms with E-state index in [1.54, 1.807) is 30.3 Å². The minimum Gasteiger partial charge on any atom is -0.459 e. The van der Waals surface area contributed by atoms with E-state index < -0.39 is 30.0 Å². The maximum atomic E-state index is 12.4. The minimum atomic E-state index is -0.743. The third-order valence-corrected chi connectivity index (χ3v) is 5.39. The zero-order chi connectivity index (χ0) is 22.3. The Morgan fingerprint density at radius 2 is 1.68 bits per heavy atom. The maximum absolute atomic E-state index is 12.4. The number of hydrogen-bond acceptors (Lipinski definition) is 6. The van der Waals surface area contributed by atoms with Crippen LogP contribution in [-0.4, -0.2) is 29.2 Å². The summed E-state index contributed by atoms with van der Waals surface area (Å²) in [6.07, 6.45) is 0. The largest absolute Gasteiger partial charge is 0.459 e. The first-order valence-electron chi connectivity index (χ1n) is 9.94. The van der Waals surface area contributed by atoms with E-state index in [4.69, 9.17) is 9.15 Å². The maximum Gasteiger partial charge on any atom is 0.336 e. The molecule has 0 bridgehead atoms. The van der Waals surface area contributed by atoms with Gasteiger partial charge in [-0.15, -0.1) is 0 Å². The predicted molar refractivity (Wildman–Crippen MR) is 113 cm³/mol. The molecule has 2 heterocycles. The van der Waals surface area contributed by atoms with Crippen molar-refractivity contribution in [3.05, 3.63) is 80.7 Å². The number of nitrogens with zero attached hydrogens (tertiary/aromatic N) is 1. The van der Waals surface area contributed by atoms with E-state index in [0.29, 0.717) is 16.5 Å². The summed E-state index contributed by atoms with van der Waals surface area (Å²) < 4.78 is 10.6. The number of carbonyl (C=O) groups is 3. The zero-order valence-electron chi connectivity index (χ0n) is 17.4. The van der Waals surface area contributed by atoms with Gasteiger partial charge in [0.05, 0.1) is 11.1 Å². The van der Waals surface area contributed by atoms with Crippen LogP contribution in [0.25, 0.3) is 11.0 Å². The topological polar surface area (TPSA) is 93.9 Å². The molecule has 31 heavy (non-hydrogen) atoms. The standard InChI is InChI=1S/C24H21NO6/c1-13(2)18-10-19-15(9-21(26)31-20(19)8-14(18)3)12-30-22(27)11-25-23(28)16-6-4-5-7-17(16)24(25)29/h4-10,13H,11-12H2,1-3H3. The molecule has 0 spiro atoms. The number of fused-ring (bicyclic) bond motifs is 2. The van der Waals surface area contributed by atoms with Crippen molar-refractivity contribution in [1.29, 1.82) is 0 Å². The first-order chi connectivity index (χ1) is 14.8. The van der Waals surface area contributed by atoms with Gasteiger partial charge in [0.1, 0.15) is 18.7 Å². The molecule has 4 rings (SSSR count). The lowest BCUT2D eigenvalue weighted by Crippen LogP contribution is -2.35. The molecule has 1 aliphatic rings. The van der Waals surface area contributed by atoms with Gasteiger partial charge in [-0.1, -0.05) is 26.0 Å². The van der Waals surface area contributed by atoms with Crippen LogP contribution in [0.5, 0.6) is 0 Å². The second kappa shape index (κ2) is 7.83. The van der Waals surface area contributed by atoms with Crippen molar-refractivity contribution in [2.45, 2.75) is 33.3 Å². The van der Waals surface area contributed by atoms with Gasteiger partial charge in [0.15, 0.2) is 0 Å². The van der Waals surface area contributed by atoms with Crippen molar-refractivity contribution in [2.24, 2.45) is 0 Å². The number of benzene rings is 2. The molecule has 158 valence electrons. The third-order valence-electron chi connectivity index (χ3n) is 5.39. The van der Waals surface area contributed by atoms with Gasteiger partial charge in [0, 0.05) is 17.0 Å². The van der Waals surface area contributed by atoms with Crippen molar-refractivity contribution in [2.75, 3.05) is 6.54 Å². The molecule has 7 heteroatoms. The molecule has 0 aliphatic carbocycles. The highest BCUT2D eigenvalue weighted by Gasteiger charge is 2.36. The molecule has 2 amide bonds. The van der Waals surface area contributed by atoms with Crippen molar-refractivity contribution >= 4 is 28.8 Å². The molecule has 0 unspecified atom stereocenters. The Hall–Kier alpha value is -3.74. The molecule has 3 aromatic rings. The van der Waals surface area contributed by atoms with Gasteiger partial charge < -0.3 is 9.15 Å². The zero-order valence-corrected chi connectivity index (χ0v) is 17.4. The third kappa shape index (κ3) is 3.74. The van der Waals surface area contributed by atoms with Gasteiger partial charge in [0.2, 0.25) is 0 Å². The van der Waals surface area contributed by atoms with Gasteiger partial charge in [-0.25, -0.2) is 4.79 Å². The molecule has 2 aromatic carbocycles. The van der Waals surface area contributed by atoms with E-state index in [1.807, 2.05) is 13.0 Å². The Morgan fingerprint density at radius 3 is 2.29 bits per heavy atom. The van der Waals surface area contributed by atoms with Gasteiger partial charge in [-0.2, -0.15) is 0 Å². The van der Waals surface area contributed by atoms with Gasteiger partial charge in [-0.3, -0.25) is 19.3 Å². The molecule has 0 radical (unpaired) electrons. The van der Waals surface area contributed by atoms with Gasteiger partial charge in [-0.05, 0) is 48.2 Å². The number of rotatable bonds is 5. The summed E-state index contributed by atoms with van der Waals surface area (Å²) in [7, 11) is 0. The highest BCUT2D eigenvalue weighted by Crippen LogP contribution is 2.27. The highest BCUT2D eigenvalue weighted by atomic mass is 16.5. The van der Waals surface area contributed by atoms with Crippen molar-refractivity contribution in [1.82, 2.24) is 4.90 Å². The van der Waals surface area contributed by atoms with E-state index in [0.717, 1.165) is 16.0 Å². The van der Waals surface area contributed by atoms with E-state index in [1.165, 1.54) is 6.07 Å². The lowest BCUT2D eigenvalue weighted by Gasteiger charge is -2.15. The SMILES string of the molecule is Cc1cc2oc(=O)cc(COC(=O)CN3C(=O)c4ccccc4C3=O)c2cc1C(C)C. The average molecular weight is 419 g/mol. The van der Waals surface area contributed by atoms with Crippen molar-refractivity contribution in [3.8, 4) is 0 Å². The highest BCUT2D eigenvalue weighted by molar-refractivity contribution is 6.22. The summed E-state index contributed by atoms with van der Waals surface area (Å²) in [6, 6.07) is 11.4. The number of esters is 1. The second-order valence-corrected chi connectivity index (χ2v) is 7.85. The Bertz CT molecular complexity index is 1250. The summed E-state index contributed by atoms with van der Waals surface area (Å²) in [6.45, 7) is 5.40. The molecular formula is C24H21NO6. The smallest absolute Gasteiger partial charge is 0.336 e. The van der Waals surface area contributed by atoms with Crippen LogP contribution in [0.1, 0.15) is 57.2 Å². The normalized spacial score (nSPS) is 13.2. The van der Waals surface area contributed by atoms with Crippen LogP contribution in [0, 0.1) is 6.92 Å². The summed E-state index contributed by atoms with van der Waals surface area (Å²) in [5, 5.41) is 0.683. The van der Waals surface area contributed by atoms with Crippen LogP contribution in [0.2, 0.25) is 0 Å². The molecule has 1 aliphatic heterocycles.